The summed E-state index contributed by atoms with van der Waals surface area (Å²) in [4.78, 5) is 16.1. The lowest BCUT2D eigenvalue weighted by Crippen LogP contribution is -2.39. The second kappa shape index (κ2) is 5.85. The molecule has 0 aromatic rings. The second-order valence-corrected chi connectivity index (χ2v) is 5.94. The quantitative estimate of drug-likeness (QED) is 0.732. The van der Waals surface area contributed by atoms with Crippen LogP contribution >= 0.6 is 0 Å². The van der Waals surface area contributed by atoms with E-state index in [1.807, 2.05) is 11.9 Å². The molecule has 2 aliphatic carbocycles. The summed E-state index contributed by atoms with van der Waals surface area (Å²) >= 11 is 0. The van der Waals surface area contributed by atoms with Crippen molar-refractivity contribution in [2.24, 2.45) is 5.92 Å². The second-order valence-electron chi connectivity index (χ2n) is 5.94. The van der Waals surface area contributed by atoms with E-state index in [2.05, 4.69) is 11.9 Å². The maximum atomic E-state index is 12.0. The molecule has 0 N–H and O–H groups in total. The number of carbonyl (C=O) groups excluding carboxylic acids is 1. The zero-order valence-electron chi connectivity index (χ0n) is 11.3. The predicted octanol–water partition coefficient (Wildman–Crippen LogP) is 2.12. The third-order valence-electron chi connectivity index (χ3n) is 4.19. The van der Waals surface area contributed by atoms with E-state index < -0.39 is 0 Å². The van der Waals surface area contributed by atoms with Crippen molar-refractivity contribution in [3.63, 3.8) is 0 Å². The van der Waals surface area contributed by atoms with Gasteiger partial charge >= 0.3 is 0 Å². The summed E-state index contributed by atoms with van der Waals surface area (Å²) in [6, 6.07) is 0.547. The van der Waals surface area contributed by atoms with E-state index in [1.54, 1.807) is 0 Å². The average molecular weight is 238 g/mol. The molecule has 0 heterocycles. The lowest BCUT2D eigenvalue weighted by atomic mass is 9.89. The normalized spacial score (nSPS) is 21.8. The highest BCUT2D eigenvalue weighted by atomic mass is 16.2. The van der Waals surface area contributed by atoms with Gasteiger partial charge in [0.05, 0.1) is 6.54 Å². The van der Waals surface area contributed by atoms with Crippen molar-refractivity contribution in [2.75, 3.05) is 27.2 Å². The van der Waals surface area contributed by atoms with E-state index in [4.69, 9.17) is 0 Å². The smallest absolute Gasteiger partial charge is 0.236 e. The van der Waals surface area contributed by atoms with Gasteiger partial charge in [0.15, 0.2) is 0 Å². The van der Waals surface area contributed by atoms with Crippen molar-refractivity contribution in [1.29, 1.82) is 0 Å². The molecule has 0 aromatic heterocycles. The molecule has 2 fully saturated rings. The highest BCUT2D eigenvalue weighted by Crippen LogP contribution is 2.26. The molecule has 0 unspecified atom stereocenters. The topological polar surface area (TPSA) is 23.6 Å². The molecule has 2 saturated carbocycles. The highest BCUT2D eigenvalue weighted by Gasteiger charge is 2.29. The third kappa shape index (κ3) is 3.98. The summed E-state index contributed by atoms with van der Waals surface area (Å²) in [6.07, 6.45) is 9.30. The number of nitrogens with zero attached hydrogens (tertiary/aromatic N) is 2. The molecule has 0 spiro atoms. The summed E-state index contributed by atoms with van der Waals surface area (Å²) in [5, 5.41) is 0. The number of rotatable bonds is 5. The minimum absolute atomic E-state index is 0.297. The van der Waals surface area contributed by atoms with E-state index in [1.165, 1.54) is 44.9 Å². The van der Waals surface area contributed by atoms with Gasteiger partial charge in [-0.2, -0.15) is 0 Å². The van der Waals surface area contributed by atoms with Crippen molar-refractivity contribution in [3.05, 3.63) is 0 Å². The van der Waals surface area contributed by atoms with Crippen LogP contribution in [-0.4, -0.2) is 48.9 Å². The van der Waals surface area contributed by atoms with Crippen molar-refractivity contribution in [3.8, 4) is 0 Å². The molecule has 0 atom stereocenters. The van der Waals surface area contributed by atoms with E-state index >= 15 is 0 Å². The zero-order chi connectivity index (χ0) is 12.3. The molecule has 0 aliphatic heterocycles. The maximum Gasteiger partial charge on any atom is 0.236 e. The summed E-state index contributed by atoms with van der Waals surface area (Å²) in [5.41, 5.74) is 0. The van der Waals surface area contributed by atoms with Gasteiger partial charge in [0.1, 0.15) is 0 Å². The highest BCUT2D eigenvalue weighted by molar-refractivity contribution is 5.78. The molecule has 0 bridgehead atoms. The summed E-state index contributed by atoms with van der Waals surface area (Å²) in [5.74, 6) is 1.12. The molecule has 2 aliphatic rings. The minimum atomic E-state index is 0.297. The Hall–Kier alpha value is -0.570. The van der Waals surface area contributed by atoms with Crippen molar-refractivity contribution >= 4 is 5.91 Å². The molecule has 1 amide bonds. The molecule has 2 rings (SSSR count). The summed E-state index contributed by atoms with van der Waals surface area (Å²) < 4.78 is 0. The molecule has 98 valence electrons. The molecule has 0 saturated heterocycles. The van der Waals surface area contributed by atoms with Crippen LogP contribution in [0.3, 0.4) is 0 Å². The van der Waals surface area contributed by atoms with Crippen LogP contribution in [0.2, 0.25) is 0 Å². The molecular formula is C14H26N2O. The first-order chi connectivity index (χ1) is 8.16. The van der Waals surface area contributed by atoms with Crippen LogP contribution in [0, 0.1) is 5.92 Å². The predicted molar refractivity (Wildman–Crippen MR) is 69.9 cm³/mol. The molecule has 3 nitrogen and oxygen atoms in total. The zero-order valence-corrected chi connectivity index (χ0v) is 11.3. The van der Waals surface area contributed by atoms with Gasteiger partial charge in [-0.15, -0.1) is 0 Å². The Kier molecular flexibility index (Phi) is 4.43. The fraction of sp³-hybridized carbons (Fsp3) is 0.929. The Bertz CT molecular complexity index is 257. The Morgan fingerprint density at radius 2 is 1.71 bits per heavy atom. The number of hydrogen-bond acceptors (Lipinski definition) is 2. The number of hydrogen-bond donors (Lipinski definition) is 0. The molecule has 0 radical (unpaired) electrons. The lowest BCUT2D eigenvalue weighted by molar-refractivity contribution is -0.131. The number of amides is 1. The Morgan fingerprint density at radius 3 is 2.29 bits per heavy atom. The Labute approximate surface area is 105 Å². The van der Waals surface area contributed by atoms with Crippen LogP contribution in [0.15, 0.2) is 0 Å². The van der Waals surface area contributed by atoms with E-state index in [0.717, 1.165) is 12.5 Å². The van der Waals surface area contributed by atoms with Crippen molar-refractivity contribution in [2.45, 2.75) is 51.0 Å². The van der Waals surface area contributed by atoms with Crippen LogP contribution < -0.4 is 0 Å². The van der Waals surface area contributed by atoms with Gasteiger partial charge in [0.25, 0.3) is 0 Å². The van der Waals surface area contributed by atoms with Gasteiger partial charge in [-0.1, -0.05) is 19.3 Å². The fourth-order valence-corrected chi connectivity index (χ4v) is 2.88. The van der Waals surface area contributed by atoms with Gasteiger partial charge in [0.2, 0.25) is 5.91 Å². The Balaban J connectivity index is 1.68. The SMILES string of the molecule is CN(CC(=O)N(C)C1CC1)CC1CCCCC1. The minimum Gasteiger partial charge on any atom is -0.342 e. The monoisotopic (exact) mass is 238 g/mol. The Morgan fingerprint density at radius 1 is 1.06 bits per heavy atom. The maximum absolute atomic E-state index is 12.0. The van der Waals surface area contributed by atoms with Crippen molar-refractivity contribution in [1.82, 2.24) is 9.80 Å². The average Bonchev–Trinajstić information content (AvgIpc) is 3.13. The van der Waals surface area contributed by atoms with E-state index in [-0.39, 0.29) is 0 Å². The first kappa shape index (κ1) is 12.9. The van der Waals surface area contributed by atoms with Crippen LogP contribution in [-0.2, 0) is 4.79 Å². The number of likely N-dealkylation sites (N-methyl/N-ethyl adjacent to an activating group) is 2. The summed E-state index contributed by atoms with van der Waals surface area (Å²) in [6.45, 7) is 1.70. The first-order valence-electron chi connectivity index (χ1n) is 7.11. The van der Waals surface area contributed by atoms with Crippen LogP contribution in [0.5, 0.6) is 0 Å². The molecule has 3 heteroatoms. The largest absolute Gasteiger partial charge is 0.342 e. The van der Waals surface area contributed by atoms with E-state index in [9.17, 15) is 4.79 Å². The summed E-state index contributed by atoms with van der Waals surface area (Å²) in [7, 11) is 4.04. The molecular weight excluding hydrogens is 212 g/mol. The van der Waals surface area contributed by atoms with E-state index in [0.29, 0.717) is 18.5 Å². The van der Waals surface area contributed by atoms with Gasteiger partial charge in [0, 0.05) is 19.6 Å². The fourth-order valence-electron chi connectivity index (χ4n) is 2.88. The van der Waals surface area contributed by atoms with Crippen LogP contribution in [0.4, 0.5) is 0 Å². The van der Waals surface area contributed by atoms with Gasteiger partial charge in [-0.3, -0.25) is 9.69 Å². The first-order valence-corrected chi connectivity index (χ1v) is 7.11. The van der Waals surface area contributed by atoms with Gasteiger partial charge in [-0.05, 0) is 38.6 Å². The lowest BCUT2D eigenvalue weighted by Gasteiger charge is -2.28. The molecule has 0 aromatic carbocycles. The third-order valence-corrected chi connectivity index (χ3v) is 4.19. The van der Waals surface area contributed by atoms with Crippen LogP contribution in [0.25, 0.3) is 0 Å². The van der Waals surface area contributed by atoms with Crippen molar-refractivity contribution < 1.29 is 4.79 Å². The van der Waals surface area contributed by atoms with Crippen LogP contribution in [0.1, 0.15) is 44.9 Å². The standard InChI is InChI=1S/C14H26N2O/c1-15(10-12-6-4-3-5-7-12)11-14(17)16(2)13-8-9-13/h12-13H,3-11H2,1-2H3. The molecule has 17 heavy (non-hydrogen) atoms. The van der Waals surface area contributed by atoms with Gasteiger partial charge in [-0.25, -0.2) is 0 Å². The van der Waals surface area contributed by atoms with Gasteiger partial charge < -0.3 is 4.90 Å². The number of carbonyl (C=O) groups is 1.